The molecule has 0 spiro atoms. The summed E-state index contributed by atoms with van der Waals surface area (Å²) in [5.41, 5.74) is 1.00. The molecule has 0 saturated carbocycles. The van der Waals surface area contributed by atoms with Crippen LogP contribution in [0.5, 0.6) is 0 Å². The molecule has 3 rings (SSSR count). The monoisotopic (exact) mass is 355 g/mol. The summed E-state index contributed by atoms with van der Waals surface area (Å²) >= 11 is 1.58. The highest BCUT2D eigenvalue weighted by molar-refractivity contribution is 7.10. The van der Waals surface area contributed by atoms with E-state index in [-0.39, 0.29) is 30.4 Å². The highest BCUT2D eigenvalue weighted by atomic mass is 32.1. The van der Waals surface area contributed by atoms with Crippen molar-refractivity contribution in [3.8, 4) is 0 Å². The van der Waals surface area contributed by atoms with Crippen LogP contribution < -0.4 is 5.32 Å². The quantitative estimate of drug-likeness (QED) is 0.632. The summed E-state index contributed by atoms with van der Waals surface area (Å²) in [6.07, 6.45) is 6.45. The van der Waals surface area contributed by atoms with Crippen LogP contribution in [-0.4, -0.2) is 18.5 Å². The van der Waals surface area contributed by atoms with Gasteiger partial charge in [0.15, 0.2) is 6.61 Å². The van der Waals surface area contributed by atoms with Gasteiger partial charge in [-0.15, -0.1) is 11.3 Å². The first-order valence-corrected chi connectivity index (χ1v) is 9.31. The summed E-state index contributed by atoms with van der Waals surface area (Å²) < 4.78 is 5.22. The molecule has 1 N–H and O–H groups in total. The lowest BCUT2D eigenvalue weighted by Gasteiger charge is -2.19. The number of ether oxygens (including phenoxy) is 1. The molecule has 0 saturated heterocycles. The van der Waals surface area contributed by atoms with Crippen molar-refractivity contribution in [2.45, 2.75) is 25.3 Å². The first-order valence-electron chi connectivity index (χ1n) is 8.43. The number of esters is 1. The lowest BCUT2D eigenvalue weighted by molar-refractivity contribution is -0.153. The lowest BCUT2D eigenvalue weighted by Crippen LogP contribution is -2.33. The number of carbonyl (C=O) groups excluding carboxylic acids is 2. The van der Waals surface area contributed by atoms with Crippen LogP contribution in [0, 0.1) is 5.92 Å². The number of hydrogen-bond donors (Lipinski definition) is 1. The maximum atomic E-state index is 12.3. The Morgan fingerprint density at radius 2 is 2.00 bits per heavy atom. The van der Waals surface area contributed by atoms with Crippen molar-refractivity contribution in [2.75, 3.05) is 6.61 Å². The normalized spacial score (nSPS) is 17.7. The molecule has 1 aromatic carbocycles. The van der Waals surface area contributed by atoms with Crippen molar-refractivity contribution >= 4 is 23.2 Å². The lowest BCUT2D eigenvalue weighted by atomic mass is 9.95. The van der Waals surface area contributed by atoms with E-state index in [1.807, 2.05) is 53.9 Å². The zero-order chi connectivity index (χ0) is 17.5. The summed E-state index contributed by atoms with van der Waals surface area (Å²) in [7, 11) is 0. The Kier molecular flexibility index (Phi) is 6.01. The zero-order valence-electron chi connectivity index (χ0n) is 13.9. The molecule has 1 amide bonds. The average Bonchev–Trinajstić information content (AvgIpc) is 3.20. The molecule has 1 aromatic heterocycles. The predicted molar refractivity (Wildman–Crippen MR) is 98.2 cm³/mol. The van der Waals surface area contributed by atoms with Crippen molar-refractivity contribution in [1.29, 1.82) is 0 Å². The van der Waals surface area contributed by atoms with Gasteiger partial charge in [0.1, 0.15) is 0 Å². The number of thiophene rings is 1. The molecule has 0 fully saturated rings. The number of hydrogen-bond acceptors (Lipinski definition) is 4. The molecule has 130 valence electrons. The first-order chi connectivity index (χ1) is 12.2. The third kappa shape index (κ3) is 4.79. The van der Waals surface area contributed by atoms with Crippen LogP contribution in [0.1, 0.15) is 35.7 Å². The summed E-state index contributed by atoms with van der Waals surface area (Å²) in [6.45, 7) is -0.242. The van der Waals surface area contributed by atoms with Crippen molar-refractivity contribution in [1.82, 2.24) is 5.32 Å². The summed E-state index contributed by atoms with van der Waals surface area (Å²) in [6, 6.07) is 13.5. The molecule has 5 heteroatoms. The molecular weight excluding hydrogens is 334 g/mol. The van der Waals surface area contributed by atoms with Gasteiger partial charge in [0.25, 0.3) is 5.91 Å². The number of allylic oxidation sites excluding steroid dienone is 2. The molecule has 0 bridgehead atoms. The molecule has 2 atom stereocenters. The number of nitrogens with one attached hydrogen (secondary N) is 1. The Balaban J connectivity index is 1.59. The number of rotatable bonds is 6. The van der Waals surface area contributed by atoms with Crippen molar-refractivity contribution in [3.05, 3.63) is 70.4 Å². The van der Waals surface area contributed by atoms with E-state index >= 15 is 0 Å². The minimum atomic E-state index is -0.290. The van der Waals surface area contributed by atoms with E-state index in [1.54, 1.807) is 11.3 Å². The topological polar surface area (TPSA) is 55.4 Å². The molecule has 0 unspecified atom stereocenters. The number of amides is 1. The Morgan fingerprint density at radius 1 is 1.16 bits per heavy atom. The molecule has 4 nitrogen and oxygen atoms in total. The second kappa shape index (κ2) is 8.62. The molecular formula is C20H21NO3S. The van der Waals surface area contributed by atoms with Crippen LogP contribution in [-0.2, 0) is 14.3 Å². The van der Waals surface area contributed by atoms with E-state index in [2.05, 4.69) is 11.4 Å². The first kappa shape index (κ1) is 17.4. The Hall–Kier alpha value is -2.40. The minimum absolute atomic E-state index is 0.125. The van der Waals surface area contributed by atoms with E-state index in [1.165, 1.54) is 0 Å². The van der Waals surface area contributed by atoms with Crippen molar-refractivity contribution in [2.24, 2.45) is 5.92 Å². The fourth-order valence-corrected chi connectivity index (χ4v) is 3.69. The van der Waals surface area contributed by atoms with Crippen molar-refractivity contribution in [3.63, 3.8) is 0 Å². The van der Waals surface area contributed by atoms with Crippen LogP contribution >= 0.6 is 11.3 Å². The summed E-state index contributed by atoms with van der Waals surface area (Å²) in [4.78, 5) is 25.4. The SMILES string of the molecule is O=C(COC(=O)[C@@H]1CC=CCC1)N[C@H](c1ccccc1)c1cccs1. The molecule has 0 radical (unpaired) electrons. The summed E-state index contributed by atoms with van der Waals surface area (Å²) in [5.74, 6) is -0.700. The van der Waals surface area contributed by atoms with Crippen LogP contribution in [0.25, 0.3) is 0 Å². The summed E-state index contributed by atoms with van der Waals surface area (Å²) in [5, 5.41) is 4.95. The molecule has 1 aliphatic carbocycles. The Morgan fingerprint density at radius 3 is 2.68 bits per heavy atom. The second-order valence-electron chi connectivity index (χ2n) is 6.02. The largest absolute Gasteiger partial charge is 0.455 e. The zero-order valence-corrected chi connectivity index (χ0v) is 14.7. The highest BCUT2D eigenvalue weighted by Gasteiger charge is 2.22. The maximum Gasteiger partial charge on any atom is 0.309 e. The van der Waals surface area contributed by atoms with Gasteiger partial charge in [0, 0.05) is 4.88 Å². The van der Waals surface area contributed by atoms with Crippen LogP contribution in [0.15, 0.2) is 60.0 Å². The minimum Gasteiger partial charge on any atom is -0.455 e. The van der Waals surface area contributed by atoms with E-state index < -0.39 is 0 Å². The van der Waals surface area contributed by atoms with Gasteiger partial charge in [-0.05, 0) is 36.3 Å². The maximum absolute atomic E-state index is 12.3. The number of carbonyl (C=O) groups is 2. The van der Waals surface area contributed by atoms with Crippen molar-refractivity contribution < 1.29 is 14.3 Å². The van der Waals surface area contributed by atoms with E-state index in [9.17, 15) is 9.59 Å². The smallest absolute Gasteiger partial charge is 0.309 e. The standard InChI is InChI=1S/C20H21NO3S/c22-18(14-24-20(23)16-10-5-2-6-11-16)21-19(17-12-7-13-25-17)15-8-3-1-4-9-15/h1-5,7-9,12-13,16,19H,6,10-11,14H2,(H,21,22)/t16-,19-/m1/s1. The molecule has 2 aromatic rings. The Labute approximate surface area is 151 Å². The van der Waals surface area contributed by atoms with E-state index in [4.69, 9.17) is 4.74 Å². The van der Waals surface area contributed by atoms with Gasteiger partial charge in [-0.25, -0.2) is 0 Å². The third-order valence-electron chi connectivity index (χ3n) is 4.21. The van der Waals surface area contributed by atoms with Crippen LogP contribution in [0.4, 0.5) is 0 Å². The van der Waals surface area contributed by atoms with Gasteiger partial charge >= 0.3 is 5.97 Å². The number of benzene rings is 1. The van der Waals surface area contributed by atoms with Gasteiger partial charge in [0.05, 0.1) is 12.0 Å². The fraction of sp³-hybridized carbons (Fsp3) is 0.300. The van der Waals surface area contributed by atoms with Crippen LogP contribution in [0.2, 0.25) is 0 Å². The fourth-order valence-electron chi connectivity index (χ4n) is 2.88. The predicted octanol–water partition coefficient (Wildman–Crippen LogP) is 3.85. The van der Waals surface area contributed by atoms with Gasteiger partial charge < -0.3 is 10.1 Å². The highest BCUT2D eigenvalue weighted by Crippen LogP contribution is 2.26. The molecule has 1 heterocycles. The second-order valence-corrected chi connectivity index (χ2v) is 6.99. The van der Waals surface area contributed by atoms with Gasteiger partial charge in [-0.2, -0.15) is 0 Å². The van der Waals surface area contributed by atoms with Gasteiger partial charge in [0.2, 0.25) is 0 Å². The molecule has 25 heavy (non-hydrogen) atoms. The third-order valence-corrected chi connectivity index (χ3v) is 5.15. The van der Waals surface area contributed by atoms with E-state index in [0.717, 1.165) is 23.3 Å². The Bertz CT molecular complexity index is 725. The van der Waals surface area contributed by atoms with Gasteiger partial charge in [-0.3, -0.25) is 9.59 Å². The average molecular weight is 355 g/mol. The molecule has 1 aliphatic rings. The van der Waals surface area contributed by atoms with E-state index in [0.29, 0.717) is 6.42 Å². The van der Waals surface area contributed by atoms with Crippen LogP contribution in [0.3, 0.4) is 0 Å². The molecule has 0 aliphatic heterocycles. The van der Waals surface area contributed by atoms with Gasteiger partial charge in [-0.1, -0.05) is 48.6 Å².